The molecular weight excluding hydrogens is 361 g/mol. The Bertz CT molecular complexity index is 915. The third kappa shape index (κ3) is 3.55. The normalized spacial score (nSPS) is 22.1. The second-order valence-corrected chi connectivity index (χ2v) is 8.70. The number of sulfone groups is 1. The fourth-order valence-corrected chi connectivity index (χ4v) is 4.33. The van der Waals surface area contributed by atoms with E-state index < -0.39 is 9.84 Å². The summed E-state index contributed by atoms with van der Waals surface area (Å²) in [7, 11) is -3.00. The summed E-state index contributed by atoms with van der Waals surface area (Å²) in [4.78, 5) is 7.17. The predicted molar refractivity (Wildman–Crippen MR) is 93.3 cm³/mol. The highest BCUT2D eigenvalue weighted by molar-refractivity contribution is 7.91. The van der Waals surface area contributed by atoms with E-state index in [1.54, 1.807) is 34.1 Å². The van der Waals surface area contributed by atoms with Crippen LogP contribution in [0.4, 0.5) is 10.1 Å². The molecule has 10 heteroatoms. The number of nitrogens with zero attached hydrogens (tertiary/aromatic N) is 5. The molecule has 1 aromatic heterocycles. The first kappa shape index (κ1) is 17.0. The molecule has 2 aromatic rings. The van der Waals surface area contributed by atoms with Crippen molar-refractivity contribution in [3.63, 3.8) is 0 Å². The Morgan fingerprint density at radius 3 is 2.77 bits per heavy atom. The van der Waals surface area contributed by atoms with Gasteiger partial charge in [-0.25, -0.2) is 17.5 Å². The zero-order valence-corrected chi connectivity index (χ0v) is 14.8. The molecule has 1 aromatic carbocycles. The Hall–Kier alpha value is -2.49. The molecule has 4 rings (SSSR count). The maximum absolute atomic E-state index is 14.6. The second kappa shape index (κ2) is 6.67. The van der Waals surface area contributed by atoms with Gasteiger partial charge in [0.15, 0.2) is 15.9 Å². The van der Waals surface area contributed by atoms with E-state index in [4.69, 9.17) is 4.84 Å². The van der Waals surface area contributed by atoms with Crippen molar-refractivity contribution in [1.82, 2.24) is 15.0 Å². The van der Waals surface area contributed by atoms with Gasteiger partial charge in [-0.15, -0.1) is 5.10 Å². The first-order valence-electron chi connectivity index (χ1n) is 8.32. The van der Waals surface area contributed by atoms with Gasteiger partial charge >= 0.3 is 0 Å². The van der Waals surface area contributed by atoms with Crippen molar-refractivity contribution >= 4 is 21.2 Å². The van der Waals surface area contributed by atoms with Gasteiger partial charge in [0.05, 0.1) is 35.6 Å². The van der Waals surface area contributed by atoms with Crippen LogP contribution in [0.15, 0.2) is 35.7 Å². The zero-order chi connectivity index (χ0) is 18.1. The van der Waals surface area contributed by atoms with E-state index in [0.717, 1.165) is 0 Å². The van der Waals surface area contributed by atoms with E-state index in [2.05, 4.69) is 15.5 Å². The lowest BCUT2D eigenvalue weighted by molar-refractivity contribution is 0.0693. The van der Waals surface area contributed by atoms with E-state index in [0.29, 0.717) is 43.0 Å². The standard InChI is InChI=1S/C16H18FN5O3S/c17-14-9-12(1-2-16(14)21-5-7-26(23,24)8-6-21)15-10-13(25-19-15)11-22-4-3-18-20-22/h1-4,9,13H,5-8,10-11H2/t13-/m0/s1. The van der Waals surface area contributed by atoms with Crippen LogP contribution in [-0.2, 0) is 21.2 Å². The molecule has 26 heavy (non-hydrogen) atoms. The Morgan fingerprint density at radius 2 is 2.08 bits per heavy atom. The average Bonchev–Trinajstić information content (AvgIpc) is 3.28. The number of oxime groups is 1. The van der Waals surface area contributed by atoms with Gasteiger partial charge < -0.3 is 9.74 Å². The molecule has 0 spiro atoms. The molecule has 0 radical (unpaired) electrons. The van der Waals surface area contributed by atoms with Crippen molar-refractivity contribution in [3.8, 4) is 0 Å². The Morgan fingerprint density at radius 1 is 1.27 bits per heavy atom. The lowest BCUT2D eigenvalue weighted by atomic mass is 10.0. The highest BCUT2D eigenvalue weighted by Gasteiger charge is 2.26. The minimum atomic E-state index is -3.00. The summed E-state index contributed by atoms with van der Waals surface area (Å²) >= 11 is 0. The molecule has 0 aliphatic carbocycles. The third-order valence-electron chi connectivity index (χ3n) is 4.56. The number of benzene rings is 1. The number of aromatic nitrogens is 3. The van der Waals surface area contributed by atoms with Crippen LogP contribution < -0.4 is 4.90 Å². The summed E-state index contributed by atoms with van der Waals surface area (Å²) in [5.74, 6) is -0.276. The van der Waals surface area contributed by atoms with Gasteiger partial charge in [0.25, 0.3) is 0 Å². The van der Waals surface area contributed by atoms with Crippen molar-refractivity contribution in [2.75, 3.05) is 29.5 Å². The van der Waals surface area contributed by atoms with E-state index >= 15 is 0 Å². The van der Waals surface area contributed by atoms with Gasteiger partial charge in [0.2, 0.25) is 0 Å². The summed E-state index contributed by atoms with van der Waals surface area (Å²) in [6.45, 7) is 1.14. The molecule has 2 aliphatic heterocycles. The lowest BCUT2D eigenvalue weighted by Crippen LogP contribution is -2.40. The molecular formula is C16H18FN5O3S. The Balaban J connectivity index is 1.43. The van der Waals surface area contributed by atoms with Crippen LogP contribution in [0.1, 0.15) is 12.0 Å². The maximum atomic E-state index is 14.6. The van der Waals surface area contributed by atoms with Crippen LogP contribution in [0, 0.1) is 5.82 Å². The van der Waals surface area contributed by atoms with Crippen molar-refractivity contribution in [2.24, 2.45) is 5.16 Å². The minimum Gasteiger partial charge on any atom is -0.390 e. The molecule has 0 amide bonds. The van der Waals surface area contributed by atoms with Gasteiger partial charge in [-0.05, 0) is 12.1 Å². The minimum absolute atomic E-state index is 0.0543. The quantitative estimate of drug-likeness (QED) is 0.782. The Labute approximate surface area is 150 Å². The monoisotopic (exact) mass is 379 g/mol. The topological polar surface area (TPSA) is 89.7 Å². The molecule has 0 unspecified atom stereocenters. The molecule has 1 saturated heterocycles. The zero-order valence-electron chi connectivity index (χ0n) is 14.0. The van der Waals surface area contributed by atoms with E-state index in [1.807, 2.05) is 0 Å². The van der Waals surface area contributed by atoms with Gasteiger partial charge in [0, 0.05) is 31.3 Å². The predicted octanol–water partition coefficient (Wildman–Crippen LogP) is 0.845. The number of rotatable bonds is 4. The van der Waals surface area contributed by atoms with Gasteiger partial charge in [-0.1, -0.05) is 16.4 Å². The number of halogens is 1. The molecule has 8 nitrogen and oxygen atoms in total. The molecule has 1 fully saturated rings. The summed E-state index contributed by atoms with van der Waals surface area (Å²) in [5.41, 5.74) is 1.76. The number of hydrogen-bond acceptors (Lipinski definition) is 7. The van der Waals surface area contributed by atoms with Crippen molar-refractivity contribution in [3.05, 3.63) is 42.0 Å². The first-order chi connectivity index (χ1) is 12.5. The molecule has 0 saturated carbocycles. The fraction of sp³-hybridized carbons (Fsp3) is 0.438. The van der Waals surface area contributed by atoms with Gasteiger partial charge in [-0.2, -0.15) is 0 Å². The third-order valence-corrected chi connectivity index (χ3v) is 6.17. The number of hydrogen-bond donors (Lipinski definition) is 0. The molecule has 3 heterocycles. The first-order valence-corrected chi connectivity index (χ1v) is 10.1. The maximum Gasteiger partial charge on any atom is 0.153 e. The molecule has 138 valence electrons. The van der Waals surface area contributed by atoms with Crippen LogP contribution in [0.2, 0.25) is 0 Å². The largest absolute Gasteiger partial charge is 0.390 e. The lowest BCUT2D eigenvalue weighted by Gasteiger charge is -2.29. The summed E-state index contributed by atoms with van der Waals surface area (Å²) in [6.07, 6.45) is 3.73. The van der Waals surface area contributed by atoms with Crippen LogP contribution in [-0.4, -0.2) is 59.8 Å². The van der Waals surface area contributed by atoms with Crippen LogP contribution >= 0.6 is 0 Å². The van der Waals surface area contributed by atoms with Crippen LogP contribution in [0.25, 0.3) is 0 Å². The summed E-state index contributed by atoms with van der Waals surface area (Å²) < 4.78 is 39.3. The summed E-state index contributed by atoms with van der Waals surface area (Å²) in [6, 6.07) is 4.90. The molecule has 2 aliphatic rings. The van der Waals surface area contributed by atoms with Crippen molar-refractivity contribution in [2.45, 2.75) is 19.1 Å². The average molecular weight is 379 g/mol. The summed E-state index contributed by atoms with van der Waals surface area (Å²) in [5, 5.41) is 11.7. The highest BCUT2D eigenvalue weighted by atomic mass is 32.2. The smallest absolute Gasteiger partial charge is 0.153 e. The highest BCUT2D eigenvalue weighted by Crippen LogP contribution is 2.25. The van der Waals surface area contributed by atoms with Gasteiger partial charge in [-0.3, -0.25) is 0 Å². The van der Waals surface area contributed by atoms with Crippen LogP contribution in [0.3, 0.4) is 0 Å². The Kier molecular flexibility index (Phi) is 4.35. The molecule has 0 bridgehead atoms. The molecule has 0 N–H and O–H groups in total. The second-order valence-electron chi connectivity index (χ2n) is 6.40. The van der Waals surface area contributed by atoms with E-state index in [9.17, 15) is 12.8 Å². The fourth-order valence-electron chi connectivity index (χ4n) is 3.13. The van der Waals surface area contributed by atoms with E-state index in [1.165, 1.54) is 6.07 Å². The van der Waals surface area contributed by atoms with Crippen LogP contribution in [0.5, 0.6) is 0 Å². The van der Waals surface area contributed by atoms with E-state index in [-0.39, 0.29) is 23.4 Å². The SMILES string of the molecule is O=S1(=O)CCN(c2ccc(C3=NO[C@H](Cn4ccnn4)C3)cc2F)CC1. The van der Waals surface area contributed by atoms with Crippen molar-refractivity contribution in [1.29, 1.82) is 0 Å². The van der Waals surface area contributed by atoms with Crippen molar-refractivity contribution < 1.29 is 17.6 Å². The number of anilines is 1. The molecule has 1 atom stereocenters. The van der Waals surface area contributed by atoms with Gasteiger partial charge in [0.1, 0.15) is 5.82 Å².